The summed E-state index contributed by atoms with van der Waals surface area (Å²) in [5.41, 5.74) is 0. The van der Waals surface area contributed by atoms with Crippen LogP contribution >= 0.6 is 11.6 Å². The van der Waals surface area contributed by atoms with Crippen LogP contribution in [-0.4, -0.2) is 29.9 Å². The molecule has 2 heteroatoms. The molecule has 0 aromatic heterocycles. The molecule has 66 valence electrons. The van der Waals surface area contributed by atoms with Crippen LogP contribution in [0.1, 0.15) is 32.6 Å². The van der Waals surface area contributed by atoms with Crippen molar-refractivity contribution >= 4 is 11.6 Å². The average molecular weight is 176 g/mol. The molecular formula is C9H18ClN. The molecule has 0 N–H and O–H groups in total. The number of rotatable bonds is 3. The van der Waals surface area contributed by atoms with Crippen LogP contribution in [0.15, 0.2) is 0 Å². The highest BCUT2D eigenvalue weighted by Gasteiger charge is 2.09. The van der Waals surface area contributed by atoms with Crippen molar-refractivity contribution in [1.82, 2.24) is 4.90 Å². The zero-order valence-corrected chi connectivity index (χ0v) is 8.11. The quantitative estimate of drug-likeness (QED) is 0.596. The molecule has 0 unspecified atom stereocenters. The molecule has 1 atom stereocenters. The normalized spacial score (nSPS) is 23.5. The van der Waals surface area contributed by atoms with Crippen molar-refractivity contribution < 1.29 is 0 Å². The number of hydrogen-bond donors (Lipinski definition) is 0. The first kappa shape index (κ1) is 9.34. The van der Waals surface area contributed by atoms with Gasteiger partial charge < -0.3 is 4.90 Å². The van der Waals surface area contributed by atoms with Gasteiger partial charge in [-0.1, -0.05) is 6.42 Å². The first-order valence-corrected chi connectivity index (χ1v) is 5.09. The predicted molar refractivity (Wildman–Crippen MR) is 50.2 cm³/mol. The number of halogens is 1. The van der Waals surface area contributed by atoms with Gasteiger partial charge in [-0.2, -0.15) is 0 Å². The van der Waals surface area contributed by atoms with Gasteiger partial charge in [-0.15, -0.1) is 11.6 Å². The minimum absolute atomic E-state index is 0.344. The van der Waals surface area contributed by atoms with Gasteiger partial charge in [-0.05, 0) is 45.8 Å². The Labute approximate surface area is 74.7 Å². The standard InChI is InChI=1S/C9H18ClN/c1-9(10)5-8-11-6-3-2-4-7-11/h9H,2-8H2,1H3/t9-/m0/s1. The molecular weight excluding hydrogens is 158 g/mol. The summed E-state index contributed by atoms with van der Waals surface area (Å²) in [7, 11) is 0. The van der Waals surface area contributed by atoms with Crippen LogP contribution in [0.5, 0.6) is 0 Å². The maximum Gasteiger partial charge on any atom is 0.0320 e. The van der Waals surface area contributed by atoms with Crippen LogP contribution < -0.4 is 0 Å². The van der Waals surface area contributed by atoms with Gasteiger partial charge in [0.2, 0.25) is 0 Å². The molecule has 1 saturated heterocycles. The van der Waals surface area contributed by atoms with Crippen LogP contribution in [-0.2, 0) is 0 Å². The van der Waals surface area contributed by atoms with Crippen molar-refractivity contribution in [3.05, 3.63) is 0 Å². The summed E-state index contributed by atoms with van der Waals surface area (Å²) in [6.07, 6.45) is 5.34. The lowest BCUT2D eigenvalue weighted by molar-refractivity contribution is 0.226. The van der Waals surface area contributed by atoms with E-state index < -0.39 is 0 Å². The Kier molecular flexibility index (Phi) is 4.24. The summed E-state index contributed by atoms with van der Waals surface area (Å²) in [5, 5.41) is 0.344. The van der Waals surface area contributed by atoms with Crippen LogP contribution in [0.4, 0.5) is 0 Å². The molecule has 0 saturated carbocycles. The zero-order chi connectivity index (χ0) is 8.10. The molecule has 1 fully saturated rings. The second kappa shape index (κ2) is 5.00. The molecule has 11 heavy (non-hydrogen) atoms. The summed E-state index contributed by atoms with van der Waals surface area (Å²) in [6.45, 7) is 5.86. The van der Waals surface area contributed by atoms with E-state index in [2.05, 4.69) is 11.8 Å². The van der Waals surface area contributed by atoms with Gasteiger partial charge in [-0.25, -0.2) is 0 Å². The molecule has 0 spiro atoms. The molecule has 0 aromatic rings. The Morgan fingerprint density at radius 1 is 1.27 bits per heavy atom. The van der Waals surface area contributed by atoms with Crippen molar-refractivity contribution in [1.29, 1.82) is 0 Å². The van der Waals surface area contributed by atoms with Gasteiger partial charge in [0, 0.05) is 5.38 Å². The topological polar surface area (TPSA) is 3.24 Å². The molecule has 1 aliphatic heterocycles. The summed E-state index contributed by atoms with van der Waals surface area (Å²) in [4.78, 5) is 2.53. The lowest BCUT2D eigenvalue weighted by Gasteiger charge is -2.26. The van der Waals surface area contributed by atoms with E-state index in [4.69, 9.17) is 11.6 Å². The second-order valence-electron chi connectivity index (χ2n) is 3.47. The highest BCUT2D eigenvalue weighted by atomic mass is 35.5. The maximum atomic E-state index is 5.87. The summed E-state index contributed by atoms with van der Waals surface area (Å²) in [5.74, 6) is 0. The number of likely N-dealkylation sites (tertiary alicyclic amines) is 1. The van der Waals surface area contributed by atoms with Crippen LogP contribution in [0.3, 0.4) is 0 Å². The molecule has 1 nitrogen and oxygen atoms in total. The van der Waals surface area contributed by atoms with Gasteiger partial charge in [0.1, 0.15) is 0 Å². The summed E-state index contributed by atoms with van der Waals surface area (Å²) >= 11 is 5.87. The molecule has 1 aliphatic rings. The number of hydrogen-bond acceptors (Lipinski definition) is 1. The van der Waals surface area contributed by atoms with Crippen molar-refractivity contribution in [3.63, 3.8) is 0 Å². The molecule has 0 amide bonds. The van der Waals surface area contributed by atoms with Crippen molar-refractivity contribution in [3.8, 4) is 0 Å². The van der Waals surface area contributed by atoms with E-state index in [1.807, 2.05) is 0 Å². The molecule has 1 rings (SSSR count). The van der Waals surface area contributed by atoms with E-state index in [1.165, 1.54) is 38.9 Å². The van der Waals surface area contributed by atoms with E-state index in [1.54, 1.807) is 0 Å². The monoisotopic (exact) mass is 175 g/mol. The van der Waals surface area contributed by atoms with E-state index in [9.17, 15) is 0 Å². The van der Waals surface area contributed by atoms with Crippen molar-refractivity contribution in [2.24, 2.45) is 0 Å². The van der Waals surface area contributed by atoms with Crippen LogP contribution in [0.2, 0.25) is 0 Å². The lowest BCUT2D eigenvalue weighted by atomic mass is 10.1. The van der Waals surface area contributed by atoms with E-state index in [0.29, 0.717) is 5.38 Å². The lowest BCUT2D eigenvalue weighted by Crippen LogP contribution is -2.31. The molecule has 0 bridgehead atoms. The minimum atomic E-state index is 0.344. The van der Waals surface area contributed by atoms with Gasteiger partial charge in [0.05, 0.1) is 0 Å². The zero-order valence-electron chi connectivity index (χ0n) is 7.35. The Balaban J connectivity index is 2.05. The molecule has 0 aliphatic carbocycles. The van der Waals surface area contributed by atoms with E-state index in [0.717, 1.165) is 6.42 Å². The summed E-state index contributed by atoms with van der Waals surface area (Å²) in [6, 6.07) is 0. The van der Waals surface area contributed by atoms with Crippen LogP contribution in [0, 0.1) is 0 Å². The fourth-order valence-electron chi connectivity index (χ4n) is 1.54. The highest BCUT2D eigenvalue weighted by Crippen LogP contribution is 2.10. The Bertz CT molecular complexity index is 97.7. The van der Waals surface area contributed by atoms with Gasteiger partial charge in [0.25, 0.3) is 0 Å². The third-order valence-electron chi connectivity index (χ3n) is 2.29. The second-order valence-corrected chi connectivity index (χ2v) is 4.22. The minimum Gasteiger partial charge on any atom is -0.303 e. The maximum absolute atomic E-state index is 5.87. The first-order chi connectivity index (χ1) is 5.29. The van der Waals surface area contributed by atoms with Gasteiger partial charge in [0.15, 0.2) is 0 Å². The van der Waals surface area contributed by atoms with E-state index >= 15 is 0 Å². The average Bonchev–Trinajstić information content (AvgIpc) is 2.03. The Morgan fingerprint density at radius 3 is 2.45 bits per heavy atom. The number of nitrogens with zero attached hydrogens (tertiary/aromatic N) is 1. The highest BCUT2D eigenvalue weighted by molar-refractivity contribution is 6.20. The fraction of sp³-hybridized carbons (Fsp3) is 1.00. The SMILES string of the molecule is C[C@H](Cl)CCN1CCCCC1. The largest absolute Gasteiger partial charge is 0.303 e. The third-order valence-corrected chi connectivity index (χ3v) is 2.51. The van der Waals surface area contributed by atoms with Crippen molar-refractivity contribution in [2.75, 3.05) is 19.6 Å². The molecule has 0 aromatic carbocycles. The van der Waals surface area contributed by atoms with Gasteiger partial charge in [-0.3, -0.25) is 0 Å². The molecule has 0 radical (unpaired) electrons. The predicted octanol–water partition coefficient (Wildman–Crippen LogP) is 2.49. The summed E-state index contributed by atoms with van der Waals surface area (Å²) < 4.78 is 0. The third kappa shape index (κ3) is 3.97. The van der Waals surface area contributed by atoms with Crippen molar-refractivity contribution in [2.45, 2.75) is 38.0 Å². The fourth-order valence-corrected chi connectivity index (χ4v) is 1.64. The number of piperidine rings is 1. The van der Waals surface area contributed by atoms with Crippen LogP contribution in [0.25, 0.3) is 0 Å². The smallest absolute Gasteiger partial charge is 0.0320 e. The number of alkyl halides is 1. The first-order valence-electron chi connectivity index (χ1n) is 4.65. The Hall–Kier alpha value is 0.250. The molecule has 1 heterocycles. The Morgan fingerprint density at radius 2 is 1.91 bits per heavy atom. The van der Waals surface area contributed by atoms with E-state index in [-0.39, 0.29) is 0 Å². The van der Waals surface area contributed by atoms with Gasteiger partial charge >= 0.3 is 0 Å².